The standard InChI is InChI=1S/C30H29NO7/c1-19(37-21-9-5-4-6-10-21)30(33)31-14-13-20-15-27(34-2)28(35-3)16-23(20)24(31)18-36-26-17-29(32)38-25-12-8-7-11-22(25)26/h4-12,15-17,19,24H,13-14,18H2,1-3H3. The summed E-state index contributed by atoms with van der Waals surface area (Å²) in [6.45, 7) is 2.32. The van der Waals surface area contributed by atoms with E-state index in [1.54, 1.807) is 38.2 Å². The van der Waals surface area contributed by atoms with Crippen molar-refractivity contribution in [1.29, 1.82) is 0 Å². The Morgan fingerprint density at radius 1 is 0.974 bits per heavy atom. The topological polar surface area (TPSA) is 87.4 Å². The molecule has 0 aliphatic carbocycles. The molecule has 0 N–H and O–H groups in total. The number of fused-ring (bicyclic) bond motifs is 2. The minimum Gasteiger partial charge on any atom is -0.493 e. The quantitative estimate of drug-likeness (QED) is 0.312. The van der Waals surface area contributed by atoms with Crippen LogP contribution in [0.25, 0.3) is 11.0 Å². The van der Waals surface area contributed by atoms with Crippen LogP contribution in [0, 0.1) is 0 Å². The molecular formula is C30H29NO7. The maximum Gasteiger partial charge on any atom is 0.339 e. The molecule has 0 bridgehead atoms. The van der Waals surface area contributed by atoms with Crippen LogP contribution in [0.2, 0.25) is 0 Å². The zero-order chi connectivity index (χ0) is 26.6. The normalized spacial score (nSPS) is 15.4. The molecule has 1 aromatic heterocycles. The number of benzene rings is 3. The summed E-state index contributed by atoms with van der Waals surface area (Å²) in [5, 5.41) is 0.675. The summed E-state index contributed by atoms with van der Waals surface area (Å²) < 4.78 is 28.6. The molecule has 8 nitrogen and oxygen atoms in total. The highest BCUT2D eigenvalue weighted by molar-refractivity contribution is 5.83. The summed E-state index contributed by atoms with van der Waals surface area (Å²) in [5.41, 5.74) is 1.85. The van der Waals surface area contributed by atoms with Crippen molar-refractivity contribution in [2.45, 2.75) is 25.5 Å². The van der Waals surface area contributed by atoms with Crippen molar-refractivity contribution in [3.63, 3.8) is 0 Å². The van der Waals surface area contributed by atoms with E-state index in [4.69, 9.17) is 23.4 Å². The monoisotopic (exact) mass is 515 g/mol. The Bertz CT molecular complexity index is 1500. The Kier molecular flexibility index (Phi) is 7.22. The maximum absolute atomic E-state index is 13.7. The molecule has 2 unspecified atom stereocenters. The molecule has 0 saturated carbocycles. The van der Waals surface area contributed by atoms with E-state index >= 15 is 0 Å². The van der Waals surface area contributed by atoms with Gasteiger partial charge in [0.15, 0.2) is 17.6 Å². The van der Waals surface area contributed by atoms with Crippen LogP contribution in [0.5, 0.6) is 23.0 Å². The molecule has 196 valence electrons. The molecule has 5 rings (SSSR count). The van der Waals surface area contributed by atoms with Crippen molar-refractivity contribution in [1.82, 2.24) is 4.90 Å². The van der Waals surface area contributed by atoms with Crippen molar-refractivity contribution in [3.05, 3.63) is 94.3 Å². The molecule has 1 aliphatic heterocycles. The lowest BCUT2D eigenvalue weighted by Crippen LogP contribution is -2.47. The number of ether oxygens (including phenoxy) is 4. The zero-order valence-electron chi connectivity index (χ0n) is 21.5. The molecule has 0 saturated heterocycles. The second-order valence-electron chi connectivity index (χ2n) is 9.01. The van der Waals surface area contributed by atoms with E-state index in [1.165, 1.54) is 6.07 Å². The van der Waals surface area contributed by atoms with Gasteiger partial charge in [-0.1, -0.05) is 30.3 Å². The van der Waals surface area contributed by atoms with E-state index in [1.807, 2.05) is 54.6 Å². The van der Waals surface area contributed by atoms with Crippen molar-refractivity contribution in [2.75, 3.05) is 27.4 Å². The smallest absolute Gasteiger partial charge is 0.339 e. The van der Waals surface area contributed by atoms with Crippen LogP contribution in [0.15, 0.2) is 82.0 Å². The number of nitrogens with zero attached hydrogens (tertiary/aromatic N) is 1. The van der Waals surface area contributed by atoms with Crippen molar-refractivity contribution >= 4 is 16.9 Å². The van der Waals surface area contributed by atoms with Crippen LogP contribution in [-0.2, 0) is 11.2 Å². The fraction of sp³-hybridized carbons (Fsp3) is 0.267. The fourth-order valence-corrected chi connectivity index (χ4v) is 4.83. The zero-order valence-corrected chi connectivity index (χ0v) is 21.5. The Labute approximate surface area is 220 Å². The third-order valence-corrected chi connectivity index (χ3v) is 6.70. The summed E-state index contributed by atoms with van der Waals surface area (Å²) in [7, 11) is 3.17. The van der Waals surface area contributed by atoms with Crippen LogP contribution in [0.4, 0.5) is 0 Å². The third-order valence-electron chi connectivity index (χ3n) is 6.70. The molecule has 4 aromatic rings. The van der Waals surface area contributed by atoms with Crippen LogP contribution < -0.4 is 24.6 Å². The van der Waals surface area contributed by atoms with Crippen molar-refractivity contribution in [3.8, 4) is 23.0 Å². The van der Waals surface area contributed by atoms with Gasteiger partial charge in [-0.2, -0.15) is 0 Å². The van der Waals surface area contributed by atoms with E-state index in [0.717, 1.165) is 11.1 Å². The summed E-state index contributed by atoms with van der Waals surface area (Å²) in [6.07, 6.45) is -0.0837. The summed E-state index contributed by atoms with van der Waals surface area (Å²) in [5.74, 6) is 2.03. The second-order valence-corrected chi connectivity index (χ2v) is 9.01. The first kappa shape index (κ1) is 25.2. The Morgan fingerprint density at radius 2 is 1.68 bits per heavy atom. The van der Waals surface area contributed by atoms with Crippen molar-refractivity contribution in [2.24, 2.45) is 0 Å². The Balaban J connectivity index is 1.49. The average molecular weight is 516 g/mol. The fourth-order valence-electron chi connectivity index (χ4n) is 4.83. The van der Waals surface area contributed by atoms with Crippen molar-refractivity contribution < 1.29 is 28.2 Å². The number of hydrogen-bond acceptors (Lipinski definition) is 7. The number of carbonyl (C=O) groups is 1. The third kappa shape index (κ3) is 5.02. The highest BCUT2D eigenvalue weighted by atomic mass is 16.5. The maximum atomic E-state index is 13.7. The lowest BCUT2D eigenvalue weighted by atomic mass is 9.91. The van der Waals surface area contributed by atoms with E-state index < -0.39 is 17.8 Å². The van der Waals surface area contributed by atoms with Crippen LogP contribution in [0.1, 0.15) is 24.1 Å². The highest BCUT2D eigenvalue weighted by Gasteiger charge is 2.35. The van der Waals surface area contributed by atoms with E-state index in [-0.39, 0.29) is 12.5 Å². The SMILES string of the molecule is COc1cc2c(cc1OC)C(COc1cc(=O)oc3ccccc13)N(C(=O)C(C)Oc1ccccc1)CC2. The largest absolute Gasteiger partial charge is 0.493 e. The van der Waals surface area contributed by atoms with Gasteiger partial charge < -0.3 is 28.3 Å². The molecule has 1 amide bonds. The molecule has 0 fully saturated rings. The molecule has 1 aliphatic rings. The summed E-state index contributed by atoms with van der Waals surface area (Å²) in [4.78, 5) is 27.7. The number of hydrogen-bond donors (Lipinski definition) is 0. The predicted octanol–water partition coefficient (Wildman–Crippen LogP) is 4.78. The van der Waals surface area contributed by atoms with Gasteiger partial charge >= 0.3 is 5.63 Å². The molecule has 0 spiro atoms. The minimum absolute atomic E-state index is 0.111. The number of para-hydroxylation sites is 2. The second kappa shape index (κ2) is 10.9. The van der Waals surface area contributed by atoms with Gasteiger partial charge in [-0.25, -0.2) is 4.79 Å². The number of rotatable bonds is 8. The first-order valence-electron chi connectivity index (χ1n) is 12.4. The summed E-state index contributed by atoms with van der Waals surface area (Å²) >= 11 is 0. The molecule has 38 heavy (non-hydrogen) atoms. The molecule has 2 heterocycles. The molecule has 0 radical (unpaired) electrons. The van der Waals surface area contributed by atoms with E-state index in [9.17, 15) is 9.59 Å². The first-order chi connectivity index (χ1) is 18.5. The van der Waals surface area contributed by atoms with E-state index in [2.05, 4.69) is 0 Å². The molecule has 8 heteroatoms. The van der Waals surface area contributed by atoms with Gasteiger partial charge in [0.05, 0.1) is 31.7 Å². The molecule has 2 atom stereocenters. The first-order valence-corrected chi connectivity index (χ1v) is 12.4. The lowest BCUT2D eigenvalue weighted by Gasteiger charge is -2.38. The van der Waals surface area contributed by atoms with Gasteiger partial charge in [0.2, 0.25) is 0 Å². The van der Waals surface area contributed by atoms with E-state index in [0.29, 0.717) is 46.9 Å². The molecular weight excluding hydrogens is 486 g/mol. The average Bonchev–Trinajstić information content (AvgIpc) is 2.94. The number of methoxy groups -OCH3 is 2. The minimum atomic E-state index is -0.716. The van der Waals surface area contributed by atoms with Gasteiger partial charge in [0.1, 0.15) is 23.7 Å². The number of amides is 1. The number of carbonyl (C=O) groups excluding carboxylic acids is 1. The summed E-state index contributed by atoms with van der Waals surface area (Å²) in [6, 6.07) is 21.1. The lowest BCUT2D eigenvalue weighted by molar-refractivity contribution is -0.141. The Morgan fingerprint density at radius 3 is 2.45 bits per heavy atom. The van der Waals surface area contributed by atoms with Gasteiger partial charge in [0.25, 0.3) is 5.91 Å². The highest BCUT2D eigenvalue weighted by Crippen LogP contribution is 2.39. The molecule has 3 aromatic carbocycles. The Hall–Kier alpha value is -4.46. The van der Waals surface area contributed by atoms with Gasteiger partial charge in [-0.3, -0.25) is 4.79 Å². The van der Waals surface area contributed by atoms with Crippen LogP contribution in [0.3, 0.4) is 0 Å². The van der Waals surface area contributed by atoms with Crippen LogP contribution in [-0.4, -0.2) is 44.3 Å². The van der Waals surface area contributed by atoms with Gasteiger partial charge in [0, 0.05) is 6.54 Å². The van der Waals surface area contributed by atoms with Crippen LogP contribution >= 0.6 is 0 Å². The van der Waals surface area contributed by atoms with Gasteiger partial charge in [-0.05, 0) is 60.9 Å². The van der Waals surface area contributed by atoms with Gasteiger partial charge in [-0.15, -0.1) is 0 Å². The predicted molar refractivity (Wildman–Crippen MR) is 142 cm³/mol.